The van der Waals surface area contributed by atoms with Crippen LogP contribution in [-0.4, -0.2) is 77.4 Å². The van der Waals surface area contributed by atoms with Gasteiger partial charge in [0.1, 0.15) is 0 Å². The van der Waals surface area contributed by atoms with E-state index in [1.165, 1.54) is 12.0 Å². The van der Waals surface area contributed by atoms with Gasteiger partial charge in [0.05, 0.1) is 12.6 Å². The standard InChI is InChI=1S/C23H36N4O2/c1-17-8-10-21(11-9-17)24-22(28)16-25-12-14-26(15-13-25)20(4)23(29)27-18(2)6-5-7-19(27)3/h8-11,18-20H,5-7,12-16H2,1-4H3,(H,24,28)/t18-,19+,20-/m0/s1. The Kier molecular flexibility index (Phi) is 7.30. The lowest BCUT2D eigenvalue weighted by Gasteiger charge is -2.44. The average Bonchev–Trinajstić information content (AvgIpc) is 2.69. The molecular weight excluding hydrogens is 364 g/mol. The summed E-state index contributed by atoms with van der Waals surface area (Å²) < 4.78 is 0. The van der Waals surface area contributed by atoms with Crippen molar-refractivity contribution in [3.8, 4) is 0 Å². The number of piperazine rings is 1. The number of hydrogen-bond donors (Lipinski definition) is 1. The fraction of sp³-hybridized carbons (Fsp3) is 0.652. The van der Waals surface area contributed by atoms with Gasteiger partial charge in [-0.3, -0.25) is 19.4 Å². The monoisotopic (exact) mass is 400 g/mol. The number of aryl methyl sites for hydroxylation is 1. The highest BCUT2D eigenvalue weighted by molar-refractivity contribution is 5.92. The molecule has 1 aromatic carbocycles. The van der Waals surface area contributed by atoms with Crippen LogP contribution in [0.15, 0.2) is 24.3 Å². The van der Waals surface area contributed by atoms with Gasteiger partial charge in [-0.25, -0.2) is 0 Å². The lowest BCUT2D eigenvalue weighted by Crippen LogP contribution is -2.58. The minimum atomic E-state index is -0.0958. The molecular formula is C23H36N4O2. The lowest BCUT2D eigenvalue weighted by atomic mass is 9.96. The van der Waals surface area contributed by atoms with E-state index >= 15 is 0 Å². The van der Waals surface area contributed by atoms with Gasteiger partial charge in [0, 0.05) is 44.0 Å². The van der Waals surface area contributed by atoms with Gasteiger partial charge < -0.3 is 10.2 Å². The summed E-state index contributed by atoms with van der Waals surface area (Å²) in [5, 5.41) is 2.97. The normalized spacial score (nSPS) is 24.9. The second-order valence-electron chi connectivity index (χ2n) is 8.78. The molecule has 2 fully saturated rings. The predicted molar refractivity (Wildman–Crippen MR) is 117 cm³/mol. The molecule has 2 heterocycles. The number of nitrogens with zero attached hydrogens (tertiary/aromatic N) is 3. The van der Waals surface area contributed by atoms with E-state index in [4.69, 9.17) is 0 Å². The van der Waals surface area contributed by atoms with Crippen molar-refractivity contribution in [1.29, 1.82) is 0 Å². The number of piperidine rings is 1. The van der Waals surface area contributed by atoms with Crippen LogP contribution >= 0.6 is 0 Å². The first-order valence-electron chi connectivity index (χ1n) is 11.0. The Morgan fingerprint density at radius 3 is 2.21 bits per heavy atom. The molecule has 1 N–H and O–H groups in total. The second-order valence-corrected chi connectivity index (χ2v) is 8.78. The highest BCUT2D eigenvalue weighted by atomic mass is 16.2. The summed E-state index contributed by atoms with van der Waals surface area (Å²) in [5.41, 5.74) is 2.01. The van der Waals surface area contributed by atoms with Crippen LogP contribution in [0.2, 0.25) is 0 Å². The summed E-state index contributed by atoms with van der Waals surface area (Å²) in [6.45, 7) is 12.1. The van der Waals surface area contributed by atoms with Crippen molar-refractivity contribution in [3.63, 3.8) is 0 Å². The van der Waals surface area contributed by atoms with Crippen molar-refractivity contribution < 1.29 is 9.59 Å². The Hall–Kier alpha value is -1.92. The summed E-state index contributed by atoms with van der Waals surface area (Å²) in [5.74, 6) is 0.276. The summed E-state index contributed by atoms with van der Waals surface area (Å²) >= 11 is 0. The number of nitrogens with one attached hydrogen (secondary N) is 1. The lowest BCUT2D eigenvalue weighted by molar-refractivity contribution is -0.143. The minimum Gasteiger partial charge on any atom is -0.336 e. The number of carbonyl (C=O) groups excluding carboxylic acids is 2. The predicted octanol–water partition coefficient (Wildman–Crippen LogP) is 2.73. The Labute approximate surface area is 175 Å². The zero-order chi connectivity index (χ0) is 21.0. The molecule has 0 bridgehead atoms. The zero-order valence-electron chi connectivity index (χ0n) is 18.4. The molecule has 2 saturated heterocycles. The van der Waals surface area contributed by atoms with Gasteiger partial charge >= 0.3 is 0 Å². The quantitative estimate of drug-likeness (QED) is 0.826. The number of amides is 2. The SMILES string of the molecule is Cc1ccc(NC(=O)CN2CCN([C@@H](C)C(=O)N3[C@H](C)CCC[C@@H]3C)CC2)cc1. The molecule has 3 rings (SSSR count). The molecule has 6 heteroatoms. The molecule has 0 aromatic heterocycles. The molecule has 0 radical (unpaired) electrons. The van der Waals surface area contributed by atoms with Crippen LogP contribution in [0.4, 0.5) is 5.69 Å². The van der Waals surface area contributed by atoms with Crippen LogP contribution in [0, 0.1) is 6.92 Å². The highest BCUT2D eigenvalue weighted by Gasteiger charge is 2.35. The largest absolute Gasteiger partial charge is 0.336 e. The third-order valence-electron chi connectivity index (χ3n) is 6.46. The molecule has 3 atom stereocenters. The first-order valence-corrected chi connectivity index (χ1v) is 11.0. The van der Waals surface area contributed by atoms with Crippen LogP contribution in [0.3, 0.4) is 0 Å². The Morgan fingerprint density at radius 2 is 1.62 bits per heavy atom. The number of likely N-dealkylation sites (tertiary alicyclic amines) is 1. The van der Waals surface area contributed by atoms with E-state index in [0.29, 0.717) is 18.6 Å². The third kappa shape index (κ3) is 5.58. The molecule has 160 valence electrons. The molecule has 0 spiro atoms. The number of anilines is 1. The fourth-order valence-corrected chi connectivity index (χ4v) is 4.58. The first kappa shape index (κ1) is 21.8. The Balaban J connectivity index is 1.46. The van der Waals surface area contributed by atoms with Gasteiger partial charge in [-0.2, -0.15) is 0 Å². The van der Waals surface area contributed by atoms with Crippen molar-refractivity contribution >= 4 is 17.5 Å². The van der Waals surface area contributed by atoms with E-state index in [1.807, 2.05) is 38.1 Å². The van der Waals surface area contributed by atoms with Crippen LogP contribution in [-0.2, 0) is 9.59 Å². The van der Waals surface area contributed by atoms with Gasteiger partial charge in [0.2, 0.25) is 11.8 Å². The van der Waals surface area contributed by atoms with Crippen molar-refractivity contribution in [1.82, 2.24) is 14.7 Å². The molecule has 6 nitrogen and oxygen atoms in total. The number of rotatable bonds is 5. The Morgan fingerprint density at radius 1 is 1.03 bits per heavy atom. The second kappa shape index (κ2) is 9.72. The van der Waals surface area contributed by atoms with Gasteiger partial charge in [0.25, 0.3) is 0 Å². The topological polar surface area (TPSA) is 55.9 Å². The van der Waals surface area contributed by atoms with Crippen LogP contribution in [0.25, 0.3) is 0 Å². The van der Waals surface area contributed by atoms with Gasteiger partial charge in [-0.05, 0) is 59.1 Å². The van der Waals surface area contributed by atoms with Crippen molar-refractivity contribution in [2.24, 2.45) is 0 Å². The average molecular weight is 401 g/mol. The first-order chi connectivity index (χ1) is 13.8. The molecule has 2 aliphatic rings. The van der Waals surface area contributed by atoms with E-state index in [9.17, 15) is 9.59 Å². The number of hydrogen-bond acceptors (Lipinski definition) is 4. The number of carbonyl (C=O) groups is 2. The van der Waals surface area contributed by atoms with Gasteiger partial charge in [-0.15, -0.1) is 0 Å². The van der Waals surface area contributed by atoms with Crippen molar-refractivity contribution in [2.45, 2.75) is 65.1 Å². The maximum atomic E-state index is 13.1. The van der Waals surface area contributed by atoms with Crippen LogP contribution in [0.5, 0.6) is 0 Å². The Bertz CT molecular complexity index is 687. The highest BCUT2D eigenvalue weighted by Crippen LogP contribution is 2.24. The van der Waals surface area contributed by atoms with Crippen molar-refractivity contribution in [2.75, 3.05) is 38.0 Å². The van der Waals surface area contributed by atoms with Crippen molar-refractivity contribution in [3.05, 3.63) is 29.8 Å². The molecule has 2 amide bonds. The van der Waals surface area contributed by atoms with E-state index in [1.54, 1.807) is 0 Å². The summed E-state index contributed by atoms with van der Waals surface area (Å²) in [4.78, 5) is 32.0. The molecule has 0 unspecified atom stereocenters. The molecule has 29 heavy (non-hydrogen) atoms. The summed E-state index contributed by atoms with van der Waals surface area (Å²) in [6, 6.07) is 8.43. The smallest absolute Gasteiger partial charge is 0.240 e. The maximum absolute atomic E-state index is 13.1. The molecule has 0 aliphatic carbocycles. The summed E-state index contributed by atoms with van der Waals surface area (Å²) in [7, 11) is 0. The van der Waals surface area contributed by atoms with E-state index < -0.39 is 0 Å². The third-order valence-corrected chi connectivity index (χ3v) is 6.46. The van der Waals surface area contributed by atoms with Crippen LogP contribution in [0.1, 0.15) is 45.6 Å². The molecule has 1 aromatic rings. The summed E-state index contributed by atoms with van der Waals surface area (Å²) in [6.07, 6.45) is 3.42. The molecule has 2 aliphatic heterocycles. The zero-order valence-corrected chi connectivity index (χ0v) is 18.4. The van der Waals surface area contributed by atoms with Crippen LogP contribution < -0.4 is 5.32 Å². The van der Waals surface area contributed by atoms with Gasteiger partial charge in [0.15, 0.2) is 0 Å². The minimum absolute atomic E-state index is 0.0161. The van der Waals surface area contributed by atoms with E-state index in [-0.39, 0.29) is 17.9 Å². The van der Waals surface area contributed by atoms with E-state index in [0.717, 1.165) is 44.7 Å². The number of benzene rings is 1. The fourth-order valence-electron chi connectivity index (χ4n) is 4.58. The molecule has 0 saturated carbocycles. The van der Waals surface area contributed by atoms with Gasteiger partial charge in [-0.1, -0.05) is 17.7 Å². The maximum Gasteiger partial charge on any atom is 0.240 e. The van der Waals surface area contributed by atoms with E-state index in [2.05, 4.69) is 33.9 Å².